The van der Waals surface area contributed by atoms with Crippen molar-refractivity contribution in [3.05, 3.63) is 29.5 Å². The van der Waals surface area contributed by atoms with E-state index >= 15 is 0 Å². The summed E-state index contributed by atoms with van der Waals surface area (Å²) in [6.45, 7) is 8.12. The van der Waals surface area contributed by atoms with E-state index in [1.54, 1.807) is 13.4 Å². The maximum atomic E-state index is 12.9. The van der Waals surface area contributed by atoms with E-state index in [1.807, 2.05) is 24.3 Å². The smallest absolute Gasteiger partial charge is 0.274 e. The van der Waals surface area contributed by atoms with E-state index < -0.39 is 0 Å². The molecule has 6 nitrogen and oxygen atoms in total. The minimum atomic E-state index is -0.287. The first-order valence-corrected chi connectivity index (χ1v) is 8.98. The molecule has 1 saturated carbocycles. The molecule has 136 valence electrons. The molecule has 0 saturated heterocycles. The molecule has 2 aromatic heterocycles. The fraction of sp³-hybridized carbons (Fsp3) is 0.632. The number of rotatable bonds is 4. The monoisotopic (exact) mass is 344 g/mol. The zero-order valence-electron chi connectivity index (χ0n) is 15.8. The third-order valence-electron chi connectivity index (χ3n) is 5.50. The highest BCUT2D eigenvalue weighted by atomic mass is 16.5. The van der Waals surface area contributed by atoms with Crippen LogP contribution in [0.25, 0.3) is 5.65 Å². The molecule has 0 bridgehead atoms. The number of fused-ring (bicyclic) bond motifs is 1. The maximum Gasteiger partial charge on any atom is 0.274 e. The number of carbonyl (C=O) groups is 1. The van der Waals surface area contributed by atoms with Gasteiger partial charge >= 0.3 is 0 Å². The number of amides is 1. The highest BCUT2D eigenvalue weighted by Gasteiger charge is 2.35. The van der Waals surface area contributed by atoms with Crippen LogP contribution in [0.2, 0.25) is 0 Å². The molecule has 0 aromatic carbocycles. The van der Waals surface area contributed by atoms with Crippen LogP contribution in [0.3, 0.4) is 0 Å². The van der Waals surface area contributed by atoms with Crippen LogP contribution >= 0.6 is 0 Å². The first kappa shape index (κ1) is 17.9. The van der Waals surface area contributed by atoms with E-state index in [0.29, 0.717) is 23.4 Å². The summed E-state index contributed by atoms with van der Waals surface area (Å²) in [5.74, 6) is 0.284. The van der Waals surface area contributed by atoms with Crippen molar-refractivity contribution in [1.82, 2.24) is 19.7 Å². The molecule has 0 aliphatic heterocycles. The summed E-state index contributed by atoms with van der Waals surface area (Å²) < 4.78 is 7.31. The Balaban J connectivity index is 1.78. The quantitative estimate of drug-likeness (QED) is 0.925. The lowest BCUT2D eigenvalue weighted by Crippen LogP contribution is -2.50. The predicted molar refractivity (Wildman–Crippen MR) is 96.8 cm³/mol. The van der Waals surface area contributed by atoms with Gasteiger partial charge in [0.05, 0.1) is 6.10 Å². The number of ether oxygens (including phenoxy) is 1. The van der Waals surface area contributed by atoms with Gasteiger partial charge in [0.1, 0.15) is 6.33 Å². The van der Waals surface area contributed by atoms with Crippen LogP contribution in [-0.2, 0) is 4.74 Å². The van der Waals surface area contributed by atoms with Crippen LogP contribution < -0.4 is 5.32 Å². The average molecular weight is 344 g/mol. The number of hydrogen-bond donors (Lipinski definition) is 1. The van der Waals surface area contributed by atoms with E-state index in [4.69, 9.17) is 4.74 Å². The molecule has 1 aliphatic rings. The van der Waals surface area contributed by atoms with Crippen LogP contribution in [0.4, 0.5) is 0 Å². The van der Waals surface area contributed by atoms with E-state index in [0.717, 1.165) is 37.1 Å². The molecule has 2 heterocycles. The van der Waals surface area contributed by atoms with Crippen LogP contribution in [0.1, 0.15) is 61.4 Å². The molecule has 0 atom stereocenters. The summed E-state index contributed by atoms with van der Waals surface area (Å²) in [5.41, 5.74) is 2.63. The van der Waals surface area contributed by atoms with Crippen molar-refractivity contribution in [2.75, 3.05) is 7.11 Å². The van der Waals surface area contributed by atoms with Gasteiger partial charge in [-0.1, -0.05) is 0 Å². The molecule has 0 unspecified atom stereocenters. The molecule has 25 heavy (non-hydrogen) atoms. The third-order valence-corrected chi connectivity index (χ3v) is 5.50. The Hall–Kier alpha value is -1.95. The summed E-state index contributed by atoms with van der Waals surface area (Å²) in [7, 11) is 1.78. The van der Waals surface area contributed by atoms with Crippen molar-refractivity contribution in [3.63, 3.8) is 0 Å². The number of nitrogens with one attached hydrogen (secondary N) is 1. The van der Waals surface area contributed by atoms with Gasteiger partial charge in [-0.15, -0.1) is 0 Å². The van der Waals surface area contributed by atoms with Crippen LogP contribution in [0.15, 0.2) is 12.4 Å². The van der Waals surface area contributed by atoms with Crippen LogP contribution in [0.5, 0.6) is 0 Å². The normalized spacial score (nSPS) is 21.5. The Morgan fingerprint density at radius 2 is 1.96 bits per heavy atom. The summed E-state index contributed by atoms with van der Waals surface area (Å²) in [5, 5.41) is 3.20. The minimum Gasteiger partial charge on any atom is -0.381 e. The number of nitrogens with zero attached hydrogens (tertiary/aromatic N) is 3. The van der Waals surface area contributed by atoms with Crippen molar-refractivity contribution in [3.8, 4) is 0 Å². The fourth-order valence-electron chi connectivity index (χ4n) is 3.91. The molecule has 0 spiro atoms. The van der Waals surface area contributed by atoms with Gasteiger partial charge in [0.2, 0.25) is 0 Å². The van der Waals surface area contributed by atoms with E-state index in [1.165, 1.54) is 0 Å². The van der Waals surface area contributed by atoms with Crippen molar-refractivity contribution in [2.24, 2.45) is 5.92 Å². The lowest BCUT2D eigenvalue weighted by atomic mass is 9.75. The SMILES string of the molecule is COC1CCC(C(C)(C)NC(=O)c2ncn3c(C)cc(C)nc23)CC1. The van der Waals surface area contributed by atoms with E-state index in [9.17, 15) is 4.79 Å². The molecule has 3 rings (SSSR count). The zero-order valence-corrected chi connectivity index (χ0v) is 15.8. The molecule has 0 radical (unpaired) electrons. The minimum absolute atomic E-state index is 0.154. The van der Waals surface area contributed by atoms with Gasteiger partial charge in [-0.3, -0.25) is 9.20 Å². The number of aryl methyl sites for hydroxylation is 2. The second-order valence-electron chi connectivity index (χ2n) is 7.71. The van der Waals surface area contributed by atoms with Gasteiger partial charge in [-0.25, -0.2) is 9.97 Å². The van der Waals surface area contributed by atoms with Crippen molar-refractivity contribution >= 4 is 11.6 Å². The van der Waals surface area contributed by atoms with Crippen LogP contribution in [0, 0.1) is 19.8 Å². The van der Waals surface area contributed by atoms with Crippen molar-refractivity contribution in [1.29, 1.82) is 0 Å². The number of carbonyl (C=O) groups excluding carboxylic acids is 1. The fourth-order valence-corrected chi connectivity index (χ4v) is 3.91. The van der Waals surface area contributed by atoms with Crippen molar-refractivity contribution < 1.29 is 9.53 Å². The van der Waals surface area contributed by atoms with Gasteiger partial charge < -0.3 is 10.1 Å². The number of hydrogen-bond acceptors (Lipinski definition) is 4. The van der Waals surface area contributed by atoms with Gasteiger partial charge in [-0.2, -0.15) is 0 Å². The number of aromatic nitrogens is 3. The summed E-state index contributed by atoms with van der Waals surface area (Å²) >= 11 is 0. The molecular weight excluding hydrogens is 316 g/mol. The Morgan fingerprint density at radius 3 is 2.60 bits per heavy atom. The lowest BCUT2D eigenvalue weighted by Gasteiger charge is -2.39. The number of methoxy groups -OCH3 is 1. The molecule has 1 N–H and O–H groups in total. The maximum absolute atomic E-state index is 12.9. The van der Waals surface area contributed by atoms with Gasteiger partial charge in [0.15, 0.2) is 11.3 Å². The van der Waals surface area contributed by atoms with Gasteiger partial charge in [0, 0.05) is 24.0 Å². The highest BCUT2D eigenvalue weighted by molar-refractivity contribution is 5.98. The molecule has 1 aliphatic carbocycles. The zero-order chi connectivity index (χ0) is 18.2. The summed E-state index contributed by atoms with van der Waals surface area (Å²) in [6.07, 6.45) is 6.25. The third kappa shape index (κ3) is 3.54. The van der Waals surface area contributed by atoms with Gasteiger partial charge in [0.25, 0.3) is 5.91 Å². The highest BCUT2D eigenvalue weighted by Crippen LogP contribution is 2.33. The molecular formula is C19H28N4O2. The number of imidazole rings is 1. The van der Waals surface area contributed by atoms with E-state index in [2.05, 4.69) is 29.1 Å². The Morgan fingerprint density at radius 1 is 1.28 bits per heavy atom. The second-order valence-corrected chi connectivity index (χ2v) is 7.71. The largest absolute Gasteiger partial charge is 0.381 e. The first-order chi connectivity index (χ1) is 11.8. The van der Waals surface area contributed by atoms with Crippen LogP contribution in [-0.4, -0.2) is 39.0 Å². The summed E-state index contributed by atoms with van der Waals surface area (Å²) in [6, 6.07) is 1.98. The average Bonchev–Trinajstić information content (AvgIpc) is 2.98. The second kappa shape index (κ2) is 6.75. The Labute approximate surface area is 149 Å². The molecule has 2 aromatic rings. The Bertz CT molecular complexity index is 773. The topological polar surface area (TPSA) is 68.5 Å². The van der Waals surface area contributed by atoms with E-state index in [-0.39, 0.29) is 11.4 Å². The molecule has 6 heteroatoms. The van der Waals surface area contributed by atoms with Crippen molar-refractivity contribution in [2.45, 2.75) is 65.0 Å². The predicted octanol–water partition coefficient (Wildman–Crippen LogP) is 3.06. The molecule has 1 fully saturated rings. The molecule has 1 amide bonds. The summed E-state index contributed by atoms with van der Waals surface area (Å²) in [4.78, 5) is 21.7. The van der Waals surface area contributed by atoms with Gasteiger partial charge in [-0.05, 0) is 65.4 Å². The Kier molecular flexibility index (Phi) is 4.82. The first-order valence-electron chi connectivity index (χ1n) is 8.98. The lowest BCUT2D eigenvalue weighted by molar-refractivity contribution is 0.0396. The standard InChI is InChI=1S/C19H28N4O2/c1-12-10-13(2)23-11-20-16(17(23)21-12)18(24)22-19(3,4)14-6-8-15(25-5)9-7-14/h10-11,14-15H,6-9H2,1-5H3,(H,22,24).